The maximum Gasteiger partial charge on any atom is 0.0947 e. The van der Waals surface area contributed by atoms with E-state index in [9.17, 15) is 5.11 Å². The van der Waals surface area contributed by atoms with Gasteiger partial charge in [0.2, 0.25) is 0 Å². The molecule has 1 atom stereocenters. The molecule has 0 saturated heterocycles. The van der Waals surface area contributed by atoms with Crippen molar-refractivity contribution in [3.05, 3.63) is 29.3 Å². The Bertz CT molecular complexity index is 441. The second-order valence-electron chi connectivity index (χ2n) is 6.70. The monoisotopic (exact) mass is 294 g/mol. The fraction of sp³-hybridized carbons (Fsp3) is 0.647. The second-order valence-corrected chi connectivity index (χ2v) is 6.70. The van der Waals surface area contributed by atoms with Crippen LogP contribution >= 0.6 is 0 Å². The lowest BCUT2D eigenvalue weighted by molar-refractivity contribution is 0.0695. The Labute approximate surface area is 129 Å². The maximum atomic E-state index is 9.80. The van der Waals surface area contributed by atoms with Gasteiger partial charge in [0.25, 0.3) is 0 Å². The molecule has 0 bridgehead atoms. The van der Waals surface area contributed by atoms with Crippen LogP contribution in [0, 0.1) is 6.92 Å². The fourth-order valence-corrected chi connectivity index (χ4v) is 2.14. The molecule has 0 aliphatic heterocycles. The van der Waals surface area contributed by atoms with E-state index in [0.29, 0.717) is 13.2 Å². The van der Waals surface area contributed by atoms with Gasteiger partial charge in [-0.1, -0.05) is 6.07 Å². The summed E-state index contributed by atoms with van der Waals surface area (Å²) >= 11 is 0. The number of nitrogens with one attached hydrogen (secondary N) is 1. The highest BCUT2D eigenvalue weighted by molar-refractivity contribution is 5.50. The quantitative estimate of drug-likeness (QED) is 0.810. The SMILES string of the molecule is COCC(O)CN(C)c1ccc(CNC(C)(C)C)c(C)c1. The molecule has 0 spiro atoms. The van der Waals surface area contributed by atoms with Crippen molar-refractivity contribution in [1.29, 1.82) is 0 Å². The van der Waals surface area contributed by atoms with Crippen LogP contribution in [0.4, 0.5) is 5.69 Å². The number of aliphatic hydroxyl groups excluding tert-OH is 1. The van der Waals surface area contributed by atoms with Gasteiger partial charge in [-0.15, -0.1) is 0 Å². The Morgan fingerprint density at radius 3 is 2.52 bits per heavy atom. The predicted molar refractivity (Wildman–Crippen MR) is 88.9 cm³/mol. The van der Waals surface area contributed by atoms with Gasteiger partial charge in [-0.05, 0) is 51.0 Å². The van der Waals surface area contributed by atoms with E-state index >= 15 is 0 Å². The van der Waals surface area contributed by atoms with Crippen LogP contribution in [0.25, 0.3) is 0 Å². The van der Waals surface area contributed by atoms with Gasteiger partial charge in [0, 0.05) is 38.5 Å². The van der Waals surface area contributed by atoms with Gasteiger partial charge in [-0.25, -0.2) is 0 Å². The Morgan fingerprint density at radius 1 is 1.33 bits per heavy atom. The van der Waals surface area contributed by atoms with Gasteiger partial charge >= 0.3 is 0 Å². The summed E-state index contributed by atoms with van der Waals surface area (Å²) in [5.41, 5.74) is 3.80. The van der Waals surface area contributed by atoms with Gasteiger partial charge < -0.3 is 20.1 Å². The van der Waals surface area contributed by atoms with Crippen LogP contribution in [0.2, 0.25) is 0 Å². The molecule has 0 heterocycles. The molecular formula is C17H30N2O2. The molecule has 1 rings (SSSR count). The molecule has 0 aliphatic rings. The minimum Gasteiger partial charge on any atom is -0.389 e. The number of anilines is 1. The molecule has 0 aliphatic carbocycles. The Morgan fingerprint density at radius 2 is 2.00 bits per heavy atom. The molecule has 1 unspecified atom stereocenters. The Balaban J connectivity index is 2.68. The molecule has 4 nitrogen and oxygen atoms in total. The molecule has 0 saturated carbocycles. The summed E-state index contributed by atoms with van der Waals surface area (Å²) in [5.74, 6) is 0. The third kappa shape index (κ3) is 6.46. The summed E-state index contributed by atoms with van der Waals surface area (Å²) in [6.07, 6.45) is -0.470. The summed E-state index contributed by atoms with van der Waals surface area (Å²) in [7, 11) is 3.59. The first-order valence-electron chi connectivity index (χ1n) is 7.45. The average Bonchev–Trinajstić information content (AvgIpc) is 2.36. The summed E-state index contributed by atoms with van der Waals surface area (Å²) in [4.78, 5) is 2.05. The standard InChI is InChI=1S/C17H30N2O2/c1-13-9-15(19(5)11-16(20)12-21-6)8-7-14(13)10-18-17(2,3)4/h7-9,16,18,20H,10-12H2,1-6H3. The zero-order valence-corrected chi connectivity index (χ0v) is 14.2. The van der Waals surface area contributed by atoms with E-state index in [1.807, 2.05) is 7.05 Å². The lowest BCUT2D eigenvalue weighted by Crippen LogP contribution is -2.35. The van der Waals surface area contributed by atoms with Gasteiger partial charge in [-0.2, -0.15) is 0 Å². The highest BCUT2D eigenvalue weighted by Gasteiger charge is 2.12. The van der Waals surface area contributed by atoms with E-state index in [2.05, 4.69) is 56.1 Å². The van der Waals surface area contributed by atoms with E-state index < -0.39 is 6.10 Å². The molecule has 1 aromatic carbocycles. The normalized spacial score (nSPS) is 13.3. The van der Waals surface area contributed by atoms with Crippen LogP contribution in [-0.2, 0) is 11.3 Å². The van der Waals surface area contributed by atoms with Crippen LogP contribution in [0.15, 0.2) is 18.2 Å². The number of nitrogens with zero attached hydrogens (tertiary/aromatic N) is 1. The first kappa shape index (κ1) is 18.0. The van der Waals surface area contributed by atoms with E-state index in [-0.39, 0.29) is 5.54 Å². The Hall–Kier alpha value is -1.10. The molecule has 21 heavy (non-hydrogen) atoms. The molecule has 0 fully saturated rings. The van der Waals surface area contributed by atoms with Gasteiger partial charge in [-0.3, -0.25) is 0 Å². The molecular weight excluding hydrogens is 264 g/mol. The average molecular weight is 294 g/mol. The Kier molecular flexibility index (Phi) is 6.65. The summed E-state index contributed by atoms with van der Waals surface area (Å²) < 4.78 is 4.96. The van der Waals surface area contributed by atoms with Crippen LogP contribution in [0.5, 0.6) is 0 Å². The number of rotatable bonds is 7. The summed E-state index contributed by atoms with van der Waals surface area (Å²) in [5, 5.41) is 13.3. The van der Waals surface area contributed by atoms with Crippen LogP contribution in [0.3, 0.4) is 0 Å². The van der Waals surface area contributed by atoms with Crippen molar-refractivity contribution in [3.63, 3.8) is 0 Å². The number of likely N-dealkylation sites (N-methyl/N-ethyl adjacent to an activating group) is 1. The zero-order chi connectivity index (χ0) is 16.0. The first-order valence-corrected chi connectivity index (χ1v) is 7.45. The molecule has 0 radical (unpaired) electrons. The molecule has 120 valence electrons. The van der Waals surface area contributed by atoms with E-state index in [1.165, 1.54) is 11.1 Å². The topological polar surface area (TPSA) is 44.7 Å². The van der Waals surface area contributed by atoms with Crippen LogP contribution in [-0.4, -0.2) is 44.1 Å². The summed E-state index contributed by atoms with van der Waals surface area (Å²) in [6, 6.07) is 6.42. The lowest BCUT2D eigenvalue weighted by atomic mass is 10.0. The number of benzene rings is 1. The van der Waals surface area contributed by atoms with Gasteiger partial charge in [0.15, 0.2) is 0 Å². The molecule has 4 heteroatoms. The van der Waals surface area contributed by atoms with E-state index in [4.69, 9.17) is 4.74 Å². The van der Waals surface area contributed by atoms with Crippen LogP contribution in [0.1, 0.15) is 31.9 Å². The lowest BCUT2D eigenvalue weighted by Gasteiger charge is -2.24. The van der Waals surface area contributed by atoms with Crippen molar-refractivity contribution in [2.24, 2.45) is 0 Å². The number of ether oxygens (including phenoxy) is 1. The maximum absolute atomic E-state index is 9.80. The van der Waals surface area contributed by atoms with Crippen molar-refractivity contribution in [2.45, 2.75) is 45.9 Å². The largest absolute Gasteiger partial charge is 0.389 e. The molecule has 2 N–H and O–H groups in total. The minimum absolute atomic E-state index is 0.117. The van der Waals surface area contributed by atoms with Crippen molar-refractivity contribution in [3.8, 4) is 0 Å². The second kappa shape index (κ2) is 7.78. The third-order valence-corrected chi connectivity index (χ3v) is 3.42. The van der Waals surface area contributed by atoms with E-state index in [1.54, 1.807) is 7.11 Å². The van der Waals surface area contributed by atoms with Gasteiger partial charge in [0.1, 0.15) is 0 Å². The summed E-state index contributed by atoms with van der Waals surface area (Å²) in [6.45, 7) is 10.4. The fourth-order valence-electron chi connectivity index (χ4n) is 2.14. The van der Waals surface area contributed by atoms with Crippen molar-refractivity contribution in [2.75, 3.05) is 32.2 Å². The number of hydrogen-bond donors (Lipinski definition) is 2. The zero-order valence-electron chi connectivity index (χ0n) is 14.2. The third-order valence-electron chi connectivity index (χ3n) is 3.42. The minimum atomic E-state index is -0.470. The van der Waals surface area contributed by atoms with Crippen LogP contribution < -0.4 is 10.2 Å². The van der Waals surface area contributed by atoms with Crippen molar-refractivity contribution >= 4 is 5.69 Å². The molecule has 1 aromatic rings. The highest BCUT2D eigenvalue weighted by Crippen LogP contribution is 2.19. The van der Waals surface area contributed by atoms with Crippen molar-refractivity contribution in [1.82, 2.24) is 5.32 Å². The number of aryl methyl sites for hydroxylation is 1. The van der Waals surface area contributed by atoms with Crippen molar-refractivity contribution < 1.29 is 9.84 Å². The molecule has 0 aromatic heterocycles. The molecule has 0 amide bonds. The predicted octanol–water partition coefficient (Wildman–Crippen LogP) is 2.33. The highest BCUT2D eigenvalue weighted by atomic mass is 16.5. The smallest absolute Gasteiger partial charge is 0.0947 e. The van der Waals surface area contributed by atoms with E-state index in [0.717, 1.165) is 12.2 Å². The number of hydrogen-bond acceptors (Lipinski definition) is 4. The first-order chi connectivity index (χ1) is 9.73. The number of methoxy groups -OCH3 is 1. The number of aliphatic hydroxyl groups is 1. The van der Waals surface area contributed by atoms with Gasteiger partial charge in [0.05, 0.1) is 12.7 Å².